The van der Waals surface area contributed by atoms with Crippen LogP contribution in [0.5, 0.6) is 0 Å². The molecule has 1 rings (SSSR count). The number of ether oxygens (including phenoxy) is 1. The lowest BCUT2D eigenvalue weighted by Crippen LogP contribution is -2.34. The summed E-state index contributed by atoms with van der Waals surface area (Å²) in [6, 6.07) is 8.63. The van der Waals surface area contributed by atoms with E-state index in [2.05, 4.69) is 52.0 Å². The topological polar surface area (TPSA) is 35.2 Å². The minimum Gasteiger partial charge on any atom is -0.381 e. The third kappa shape index (κ3) is 5.75. The van der Waals surface area contributed by atoms with E-state index in [1.54, 1.807) is 0 Å². The first-order chi connectivity index (χ1) is 8.95. The Morgan fingerprint density at radius 2 is 1.79 bits per heavy atom. The van der Waals surface area contributed by atoms with Crippen molar-refractivity contribution in [3.8, 4) is 0 Å². The molecule has 0 fully saturated rings. The molecule has 2 nitrogen and oxygen atoms in total. The summed E-state index contributed by atoms with van der Waals surface area (Å²) in [5, 5.41) is 0. The average molecular weight is 263 g/mol. The molecule has 0 radical (unpaired) electrons. The SMILES string of the molecule is CCc1ccc(C(C)(N)CCOCCC(C)C)cc1. The Labute approximate surface area is 118 Å². The molecular formula is C17H29NO. The van der Waals surface area contributed by atoms with E-state index in [9.17, 15) is 0 Å². The molecule has 0 saturated carbocycles. The highest BCUT2D eigenvalue weighted by Gasteiger charge is 2.20. The van der Waals surface area contributed by atoms with Crippen LogP contribution in [0.2, 0.25) is 0 Å². The van der Waals surface area contributed by atoms with Crippen LogP contribution in [0.25, 0.3) is 0 Å². The first-order valence-electron chi connectivity index (χ1n) is 7.41. The van der Waals surface area contributed by atoms with Crippen LogP contribution in [0, 0.1) is 5.92 Å². The molecule has 0 aliphatic carbocycles. The highest BCUT2D eigenvalue weighted by molar-refractivity contribution is 5.27. The number of benzene rings is 1. The van der Waals surface area contributed by atoms with Gasteiger partial charge in [-0.15, -0.1) is 0 Å². The maximum atomic E-state index is 6.39. The monoisotopic (exact) mass is 263 g/mol. The fourth-order valence-electron chi connectivity index (χ4n) is 1.97. The van der Waals surface area contributed by atoms with E-state index in [0.717, 1.165) is 32.5 Å². The van der Waals surface area contributed by atoms with E-state index in [-0.39, 0.29) is 5.54 Å². The minimum absolute atomic E-state index is 0.301. The summed E-state index contributed by atoms with van der Waals surface area (Å²) in [6.07, 6.45) is 3.04. The van der Waals surface area contributed by atoms with Gasteiger partial charge in [0.15, 0.2) is 0 Å². The van der Waals surface area contributed by atoms with Gasteiger partial charge in [-0.25, -0.2) is 0 Å². The Kier molecular flexibility index (Phi) is 6.53. The third-order valence-corrected chi connectivity index (χ3v) is 3.63. The maximum Gasteiger partial charge on any atom is 0.0486 e. The Hall–Kier alpha value is -0.860. The average Bonchev–Trinajstić information content (AvgIpc) is 2.38. The molecule has 1 aromatic rings. The van der Waals surface area contributed by atoms with E-state index in [0.29, 0.717) is 5.92 Å². The van der Waals surface area contributed by atoms with Gasteiger partial charge in [0.1, 0.15) is 0 Å². The molecule has 0 spiro atoms. The molecule has 2 N–H and O–H groups in total. The number of rotatable bonds is 8. The number of hydrogen-bond donors (Lipinski definition) is 1. The predicted octanol–water partition coefficient (Wildman–Crippen LogP) is 3.88. The van der Waals surface area contributed by atoms with Crippen molar-refractivity contribution in [2.45, 2.75) is 52.5 Å². The molecule has 0 saturated heterocycles. The number of nitrogens with two attached hydrogens (primary N) is 1. The molecule has 0 bridgehead atoms. The number of aryl methyl sites for hydroxylation is 1. The Morgan fingerprint density at radius 3 is 2.32 bits per heavy atom. The smallest absolute Gasteiger partial charge is 0.0486 e. The summed E-state index contributed by atoms with van der Waals surface area (Å²) < 4.78 is 5.67. The second-order valence-corrected chi connectivity index (χ2v) is 6.01. The fraction of sp³-hybridized carbons (Fsp3) is 0.647. The lowest BCUT2D eigenvalue weighted by molar-refractivity contribution is 0.107. The van der Waals surface area contributed by atoms with Crippen LogP contribution >= 0.6 is 0 Å². The molecule has 19 heavy (non-hydrogen) atoms. The highest BCUT2D eigenvalue weighted by Crippen LogP contribution is 2.22. The molecule has 108 valence electrons. The molecule has 0 aliphatic heterocycles. The summed E-state index contributed by atoms with van der Waals surface area (Å²) in [6.45, 7) is 10.2. The molecule has 2 heteroatoms. The fourth-order valence-corrected chi connectivity index (χ4v) is 1.97. The zero-order valence-corrected chi connectivity index (χ0v) is 12.9. The van der Waals surface area contributed by atoms with Crippen molar-refractivity contribution in [2.75, 3.05) is 13.2 Å². The van der Waals surface area contributed by atoms with Crippen molar-refractivity contribution >= 4 is 0 Å². The van der Waals surface area contributed by atoms with Crippen LogP contribution in [-0.2, 0) is 16.7 Å². The molecule has 0 aromatic heterocycles. The van der Waals surface area contributed by atoms with Crippen molar-refractivity contribution in [1.29, 1.82) is 0 Å². The molecule has 0 amide bonds. The van der Waals surface area contributed by atoms with E-state index in [4.69, 9.17) is 10.5 Å². The summed E-state index contributed by atoms with van der Waals surface area (Å²) in [5.41, 5.74) is 8.64. The van der Waals surface area contributed by atoms with E-state index >= 15 is 0 Å². The van der Waals surface area contributed by atoms with Gasteiger partial charge >= 0.3 is 0 Å². The first-order valence-corrected chi connectivity index (χ1v) is 7.41. The summed E-state index contributed by atoms with van der Waals surface area (Å²) >= 11 is 0. The lowest BCUT2D eigenvalue weighted by Gasteiger charge is -2.25. The summed E-state index contributed by atoms with van der Waals surface area (Å²) in [7, 11) is 0. The van der Waals surface area contributed by atoms with Crippen molar-refractivity contribution in [1.82, 2.24) is 0 Å². The van der Waals surface area contributed by atoms with Gasteiger partial charge in [-0.05, 0) is 43.2 Å². The van der Waals surface area contributed by atoms with E-state index in [1.807, 2.05) is 0 Å². The normalized spacial score (nSPS) is 14.6. The van der Waals surface area contributed by atoms with E-state index in [1.165, 1.54) is 11.1 Å². The summed E-state index contributed by atoms with van der Waals surface area (Å²) in [5.74, 6) is 0.700. The minimum atomic E-state index is -0.301. The highest BCUT2D eigenvalue weighted by atomic mass is 16.5. The molecule has 0 heterocycles. The van der Waals surface area contributed by atoms with Gasteiger partial charge in [-0.3, -0.25) is 0 Å². The zero-order chi connectivity index (χ0) is 14.3. The quantitative estimate of drug-likeness (QED) is 0.722. The molecule has 0 aliphatic rings. The van der Waals surface area contributed by atoms with Gasteiger partial charge < -0.3 is 10.5 Å². The van der Waals surface area contributed by atoms with Crippen molar-refractivity contribution in [2.24, 2.45) is 11.7 Å². The maximum absolute atomic E-state index is 6.39. The van der Waals surface area contributed by atoms with Crippen LogP contribution in [0.3, 0.4) is 0 Å². The second kappa shape index (κ2) is 7.66. The Bertz CT molecular complexity index is 354. The largest absolute Gasteiger partial charge is 0.381 e. The lowest BCUT2D eigenvalue weighted by atomic mass is 9.89. The molecule has 1 atom stereocenters. The Morgan fingerprint density at radius 1 is 1.16 bits per heavy atom. The standard InChI is InChI=1S/C17H29NO/c1-5-15-6-8-16(9-7-15)17(4,18)11-13-19-12-10-14(2)3/h6-9,14H,5,10-13,18H2,1-4H3. The van der Waals surface area contributed by atoms with E-state index < -0.39 is 0 Å². The van der Waals surface area contributed by atoms with Gasteiger partial charge in [0.2, 0.25) is 0 Å². The van der Waals surface area contributed by atoms with Crippen LogP contribution in [0.15, 0.2) is 24.3 Å². The van der Waals surface area contributed by atoms with Crippen LogP contribution < -0.4 is 5.73 Å². The van der Waals surface area contributed by atoms with Crippen molar-refractivity contribution < 1.29 is 4.74 Å². The van der Waals surface area contributed by atoms with Gasteiger partial charge in [0, 0.05) is 18.8 Å². The van der Waals surface area contributed by atoms with Crippen molar-refractivity contribution in [3.63, 3.8) is 0 Å². The van der Waals surface area contributed by atoms with Crippen LogP contribution in [0.4, 0.5) is 0 Å². The van der Waals surface area contributed by atoms with Gasteiger partial charge in [-0.2, -0.15) is 0 Å². The molecule has 1 aromatic carbocycles. The van der Waals surface area contributed by atoms with Gasteiger partial charge in [0.25, 0.3) is 0 Å². The number of hydrogen-bond acceptors (Lipinski definition) is 2. The Balaban J connectivity index is 2.41. The molecular weight excluding hydrogens is 234 g/mol. The van der Waals surface area contributed by atoms with Crippen molar-refractivity contribution in [3.05, 3.63) is 35.4 Å². The van der Waals surface area contributed by atoms with Gasteiger partial charge in [-0.1, -0.05) is 45.0 Å². The summed E-state index contributed by atoms with van der Waals surface area (Å²) in [4.78, 5) is 0. The van der Waals surface area contributed by atoms with Gasteiger partial charge in [0.05, 0.1) is 0 Å². The second-order valence-electron chi connectivity index (χ2n) is 6.01. The first kappa shape index (κ1) is 16.2. The van der Waals surface area contributed by atoms with Crippen LogP contribution in [0.1, 0.15) is 51.7 Å². The molecule has 1 unspecified atom stereocenters. The zero-order valence-electron chi connectivity index (χ0n) is 12.9. The third-order valence-electron chi connectivity index (χ3n) is 3.63. The van der Waals surface area contributed by atoms with Crippen LogP contribution in [-0.4, -0.2) is 13.2 Å². The predicted molar refractivity (Wildman–Crippen MR) is 82.3 cm³/mol.